The number of hydrogen-bond acceptors (Lipinski definition) is 4. The third kappa shape index (κ3) is 2.77. The SMILES string of the molecule is CCC(N)Cc1csc(C2CCCO2)n1. The van der Waals surface area contributed by atoms with Crippen LogP contribution in [0.1, 0.15) is 43.0 Å². The summed E-state index contributed by atoms with van der Waals surface area (Å²) in [5, 5.41) is 3.25. The Morgan fingerprint density at radius 2 is 2.60 bits per heavy atom. The largest absolute Gasteiger partial charge is 0.371 e. The van der Waals surface area contributed by atoms with E-state index in [0.717, 1.165) is 43.0 Å². The summed E-state index contributed by atoms with van der Waals surface area (Å²) in [6, 6.07) is 0.240. The van der Waals surface area contributed by atoms with E-state index in [2.05, 4.69) is 17.3 Å². The van der Waals surface area contributed by atoms with E-state index in [1.807, 2.05) is 0 Å². The molecule has 0 aliphatic carbocycles. The molecule has 1 fully saturated rings. The molecule has 2 unspecified atom stereocenters. The summed E-state index contributed by atoms with van der Waals surface area (Å²) in [5.74, 6) is 0. The molecule has 0 radical (unpaired) electrons. The maximum atomic E-state index is 5.90. The first-order chi connectivity index (χ1) is 7.29. The van der Waals surface area contributed by atoms with Crippen LogP contribution in [0.4, 0.5) is 0 Å². The summed E-state index contributed by atoms with van der Waals surface area (Å²) in [6.45, 7) is 2.99. The molecule has 15 heavy (non-hydrogen) atoms. The standard InChI is InChI=1S/C11H18N2OS/c1-2-8(12)6-9-7-15-11(13-9)10-4-3-5-14-10/h7-8,10H,2-6,12H2,1H3. The van der Waals surface area contributed by atoms with Crippen LogP contribution < -0.4 is 5.73 Å². The summed E-state index contributed by atoms with van der Waals surface area (Å²) in [6.07, 6.45) is 4.43. The van der Waals surface area contributed by atoms with Crippen molar-refractivity contribution in [3.63, 3.8) is 0 Å². The second-order valence-electron chi connectivity index (χ2n) is 4.05. The second kappa shape index (κ2) is 5.05. The van der Waals surface area contributed by atoms with Crippen molar-refractivity contribution in [3.8, 4) is 0 Å². The van der Waals surface area contributed by atoms with Crippen molar-refractivity contribution in [3.05, 3.63) is 16.1 Å². The lowest BCUT2D eigenvalue weighted by Crippen LogP contribution is -2.21. The van der Waals surface area contributed by atoms with Gasteiger partial charge in [0.05, 0.1) is 5.69 Å². The number of aromatic nitrogens is 1. The van der Waals surface area contributed by atoms with E-state index < -0.39 is 0 Å². The summed E-state index contributed by atoms with van der Waals surface area (Å²) in [4.78, 5) is 4.59. The van der Waals surface area contributed by atoms with Gasteiger partial charge in [0, 0.05) is 24.4 Å². The van der Waals surface area contributed by atoms with Gasteiger partial charge in [-0.25, -0.2) is 4.98 Å². The smallest absolute Gasteiger partial charge is 0.122 e. The van der Waals surface area contributed by atoms with Crippen molar-refractivity contribution in [2.24, 2.45) is 5.73 Å². The van der Waals surface area contributed by atoms with Gasteiger partial charge in [-0.2, -0.15) is 0 Å². The van der Waals surface area contributed by atoms with Gasteiger partial charge >= 0.3 is 0 Å². The maximum absolute atomic E-state index is 5.90. The van der Waals surface area contributed by atoms with Crippen LogP contribution in [-0.4, -0.2) is 17.6 Å². The highest BCUT2D eigenvalue weighted by Gasteiger charge is 2.20. The fraction of sp³-hybridized carbons (Fsp3) is 0.727. The van der Waals surface area contributed by atoms with E-state index in [4.69, 9.17) is 10.5 Å². The van der Waals surface area contributed by atoms with E-state index in [1.165, 1.54) is 0 Å². The number of nitrogens with zero attached hydrogens (tertiary/aromatic N) is 1. The molecule has 2 N–H and O–H groups in total. The second-order valence-corrected chi connectivity index (χ2v) is 4.94. The van der Waals surface area contributed by atoms with Crippen LogP contribution in [0.5, 0.6) is 0 Å². The molecule has 1 aromatic rings. The predicted molar refractivity (Wildman–Crippen MR) is 62.0 cm³/mol. The lowest BCUT2D eigenvalue weighted by atomic mass is 10.1. The molecular weight excluding hydrogens is 208 g/mol. The fourth-order valence-electron chi connectivity index (χ4n) is 1.75. The Balaban J connectivity index is 1.97. The quantitative estimate of drug-likeness (QED) is 0.856. The minimum absolute atomic E-state index is 0.240. The monoisotopic (exact) mass is 226 g/mol. The van der Waals surface area contributed by atoms with E-state index in [9.17, 15) is 0 Å². The molecule has 0 bridgehead atoms. The van der Waals surface area contributed by atoms with E-state index >= 15 is 0 Å². The zero-order chi connectivity index (χ0) is 10.7. The van der Waals surface area contributed by atoms with Crippen molar-refractivity contribution in [1.29, 1.82) is 0 Å². The zero-order valence-electron chi connectivity index (χ0n) is 9.11. The number of ether oxygens (including phenoxy) is 1. The Labute approximate surface area is 94.7 Å². The summed E-state index contributed by atoms with van der Waals surface area (Å²) >= 11 is 1.71. The van der Waals surface area contributed by atoms with Crippen LogP contribution in [-0.2, 0) is 11.2 Å². The van der Waals surface area contributed by atoms with Gasteiger partial charge < -0.3 is 10.5 Å². The van der Waals surface area contributed by atoms with Crippen LogP contribution >= 0.6 is 11.3 Å². The molecule has 0 saturated carbocycles. The fourth-order valence-corrected chi connectivity index (χ4v) is 2.66. The maximum Gasteiger partial charge on any atom is 0.122 e. The third-order valence-electron chi connectivity index (χ3n) is 2.77. The molecule has 84 valence electrons. The Kier molecular flexibility index (Phi) is 3.72. The van der Waals surface area contributed by atoms with Gasteiger partial charge in [-0.05, 0) is 19.3 Å². The highest BCUT2D eigenvalue weighted by atomic mass is 32.1. The molecule has 3 nitrogen and oxygen atoms in total. The first-order valence-corrected chi connectivity index (χ1v) is 6.49. The first-order valence-electron chi connectivity index (χ1n) is 5.61. The minimum atomic E-state index is 0.240. The Morgan fingerprint density at radius 3 is 3.27 bits per heavy atom. The number of thiazole rings is 1. The van der Waals surface area contributed by atoms with Crippen molar-refractivity contribution in [1.82, 2.24) is 4.98 Å². The zero-order valence-corrected chi connectivity index (χ0v) is 9.93. The van der Waals surface area contributed by atoms with Crippen LogP contribution in [0.2, 0.25) is 0 Å². The number of rotatable bonds is 4. The van der Waals surface area contributed by atoms with Crippen molar-refractivity contribution in [2.45, 2.75) is 44.8 Å². The molecule has 0 aromatic carbocycles. The molecule has 1 aliphatic rings. The molecule has 1 saturated heterocycles. The van der Waals surface area contributed by atoms with Crippen molar-refractivity contribution < 1.29 is 4.74 Å². The van der Waals surface area contributed by atoms with Crippen LogP contribution in [0.15, 0.2) is 5.38 Å². The summed E-state index contributed by atoms with van der Waals surface area (Å²) in [7, 11) is 0. The topological polar surface area (TPSA) is 48.1 Å². The van der Waals surface area contributed by atoms with Gasteiger partial charge in [-0.1, -0.05) is 6.92 Å². The molecule has 2 atom stereocenters. The molecule has 1 aromatic heterocycles. The predicted octanol–water partition coefficient (Wildman–Crippen LogP) is 2.27. The van der Waals surface area contributed by atoms with Gasteiger partial charge in [-0.3, -0.25) is 0 Å². The average molecular weight is 226 g/mol. The van der Waals surface area contributed by atoms with Crippen LogP contribution in [0, 0.1) is 0 Å². The highest BCUT2D eigenvalue weighted by Crippen LogP contribution is 2.30. The van der Waals surface area contributed by atoms with Crippen molar-refractivity contribution in [2.75, 3.05) is 6.61 Å². The van der Waals surface area contributed by atoms with E-state index in [1.54, 1.807) is 11.3 Å². The minimum Gasteiger partial charge on any atom is -0.371 e. The number of nitrogens with two attached hydrogens (primary N) is 1. The first kappa shape index (κ1) is 11.0. The lowest BCUT2D eigenvalue weighted by molar-refractivity contribution is 0.111. The molecule has 1 aliphatic heterocycles. The van der Waals surface area contributed by atoms with Gasteiger partial charge in [-0.15, -0.1) is 11.3 Å². The summed E-state index contributed by atoms with van der Waals surface area (Å²) < 4.78 is 5.60. The van der Waals surface area contributed by atoms with E-state index in [-0.39, 0.29) is 12.1 Å². The Bertz CT molecular complexity index is 307. The highest BCUT2D eigenvalue weighted by molar-refractivity contribution is 7.09. The number of hydrogen-bond donors (Lipinski definition) is 1. The molecule has 0 amide bonds. The van der Waals surface area contributed by atoms with Crippen molar-refractivity contribution >= 4 is 11.3 Å². The van der Waals surface area contributed by atoms with Crippen LogP contribution in [0.3, 0.4) is 0 Å². The molecule has 2 heterocycles. The third-order valence-corrected chi connectivity index (χ3v) is 3.76. The molecular formula is C11H18N2OS. The van der Waals surface area contributed by atoms with Gasteiger partial charge in [0.15, 0.2) is 0 Å². The van der Waals surface area contributed by atoms with Gasteiger partial charge in [0.2, 0.25) is 0 Å². The lowest BCUT2D eigenvalue weighted by Gasteiger charge is -2.06. The van der Waals surface area contributed by atoms with Gasteiger partial charge in [0.25, 0.3) is 0 Å². The molecule has 2 rings (SSSR count). The van der Waals surface area contributed by atoms with E-state index in [0.29, 0.717) is 0 Å². The van der Waals surface area contributed by atoms with Crippen LogP contribution in [0.25, 0.3) is 0 Å². The Morgan fingerprint density at radius 1 is 1.73 bits per heavy atom. The summed E-state index contributed by atoms with van der Waals surface area (Å²) in [5.41, 5.74) is 7.03. The Hall–Kier alpha value is -0.450. The molecule has 0 spiro atoms. The molecule has 4 heteroatoms. The van der Waals surface area contributed by atoms with Gasteiger partial charge in [0.1, 0.15) is 11.1 Å². The average Bonchev–Trinajstić information content (AvgIpc) is 2.85. The normalized spacial score (nSPS) is 23.2.